The van der Waals surface area contributed by atoms with Gasteiger partial charge in [0.2, 0.25) is 0 Å². The molecule has 1 aromatic carbocycles. The standard InChI is InChI=1S/C15H16BrN3O2/c1-21-14-7-10(2-5-12(14)16)18-15(20)13-6-9(17)8-19(13)11-3-4-11/h2,5-8,11H,3-4,17H2,1H3,(H,18,20). The highest BCUT2D eigenvalue weighted by Crippen LogP contribution is 2.37. The summed E-state index contributed by atoms with van der Waals surface area (Å²) < 4.78 is 8.03. The molecule has 1 saturated carbocycles. The van der Waals surface area contributed by atoms with Gasteiger partial charge in [0.25, 0.3) is 5.91 Å². The zero-order chi connectivity index (χ0) is 15.0. The maximum absolute atomic E-state index is 12.4. The van der Waals surface area contributed by atoms with Gasteiger partial charge in [-0.1, -0.05) is 0 Å². The molecule has 6 heteroatoms. The van der Waals surface area contributed by atoms with Gasteiger partial charge in [-0.3, -0.25) is 4.79 Å². The number of hydrogen-bond donors (Lipinski definition) is 2. The van der Waals surface area contributed by atoms with E-state index in [1.165, 1.54) is 0 Å². The minimum atomic E-state index is -0.164. The Morgan fingerprint density at radius 2 is 2.19 bits per heavy atom. The number of aromatic nitrogens is 1. The molecule has 1 amide bonds. The number of amides is 1. The fourth-order valence-corrected chi connectivity index (χ4v) is 2.68. The van der Waals surface area contributed by atoms with Crippen molar-refractivity contribution in [2.24, 2.45) is 0 Å². The first-order valence-corrected chi connectivity index (χ1v) is 7.50. The summed E-state index contributed by atoms with van der Waals surface area (Å²) in [5.41, 5.74) is 7.70. The first kappa shape index (κ1) is 14.0. The van der Waals surface area contributed by atoms with Crippen molar-refractivity contribution < 1.29 is 9.53 Å². The summed E-state index contributed by atoms with van der Waals surface area (Å²) >= 11 is 3.39. The summed E-state index contributed by atoms with van der Waals surface area (Å²) in [7, 11) is 1.59. The van der Waals surface area contributed by atoms with E-state index in [0.29, 0.717) is 28.9 Å². The number of hydrogen-bond acceptors (Lipinski definition) is 3. The van der Waals surface area contributed by atoms with Gasteiger partial charge >= 0.3 is 0 Å². The van der Waals surface area contributed by atoms with Crippen LogP contribution in [0, 0.1) is 0 Å². The van der Waals surface area contributed by atoms with Crippen molar-refractivity contribution in [3.8, 4) is 5.75 Å². The van der Waals surface area contributed by atoms with Crippen LogP contribution in [0.15, 0.2) is 34.9 Å². The van der Waals surface area contributed by atoms with Crippen molar-refractivity contribution in [3.05, 3.63) is 40.6 Å². The number of anilines is 2. The van der Waals surface area contributed by atoms with Crippen LogP contribution in [-0.4, -0.2) is 17.6 Å². The molecule has 0 bridgehead atoms. The number of methoxy groups -OCH3 is 1. The highest BCUT2D eigenvalue weighted by atomic mass is 79.9. The van der Waals surface area contributed by atoms with Crippen molar-refractivity contribution in [2.45, 2.75) is 18.9 Å². The van der Waals surface area contributed by atoms with E-state index in [4.69, 9.17) is 10.5 Å². The summed E-state index contributed by atoms with van der Waals surface area (Å²) in [6.45, 7) is 0. The maximum atomic E-state index is 12.4. The van der Waals surface area contributed by atoms with Crippen LogP contribution >= 0.6 is 15.9 Å². The third-order valence-electron chi connectivity index (χ3n) is 3.45. The van der Waals surface area contributed by atoms with Gasteiger partial charge in [0, 0.05) is 24.0 Å². The van der Waals surface area contributed by atoms with Crippen LogP contribution in [0.5, 0.6) is 5.75 Å². The number of carbonyl (C=O) groups excluding carboxylic acids is 1. The van der Waals surface area contributed by atoms with E-state index in [1.54, 1.807) is 19.2 Å². The van der Waals surface area contributed by atoms with Gasteiger partial charge < -0.3 is 20.4 Å². The Morgan fingerprint density at radius 1 is 1.43 bits per heavy atom. The van der Waals surface area contributed by atoms with Gasteiger partial charge in [0.05, 0.1) is 17.3 Å². The zero-order valence-corrected chi connectivity index (χ0v) is 13.2. The van der Waals surface area contributed by atoms with E-state index in [0.717, 1.165) is 17.3 Å². The number of ether oxygens (including phenoxy) is 1. The molecular weight excluding hydrogens is 334 g/mol. The molecular formula is C15H16BrN3O2. The molecule has 1 aliphatic rings. The van der Waals surface area contributed by atoms with Crippen LogP contribution in [0.2, 0.25) is 0 Å². The van der Waals surface area contributed by atoms with Crippen LogP contribution in [-0.2, 0) is 0 Å². The van der Waals surface area contributed by atoms with Gasteiger partial charge in [0.1, 0.15) is 11.4 Å². The zero-order valence-electron chi connectivity index (χ0n) is 11.6. The Labute approximate surface area is 131 Å². The van der Waals surface area contributed by atoms with Crippen molar-refractivity contribution in [1.82, 2.24) is 4.57 Å². The summed E-state index contributed by atoms with van der Waals surface area (Å²) in [5, 5.41) is 2.88. The molecule has 0 atom stereocenters. The molecule has 0 unspecified atom stereocenters. The average Bonchev–Trinajstić information content (AvgIpc) is 3.23. The van der Waals surface area contributed by atoms with Crippen LogP contribution in [0.3, 0.4) is 0 Å². The largest absolute Gasteiger partial charge is 0.495 e. The third-order valence-corrected chi connectivity index (χ3v) is 4.11. The predicted octanol–water partition coefficient (Wildman–Crippen LogP) is 3.43. The Kier molecular flexibility index (Phi) is 3.63. The molecule has 0 aliphatic heterocycles. The summed E-state index contributed by atoms with van der Waals surface area (Å²) in [6.07, 6.45) is 4.02. The quantitative estimate of drug-likeness (QED) is 0.888. The second-order valence-corrected chi connectivity index (χ2v) is 5.95. The fourth-order valence-electron chi connectivity index (χ4n) is 2.27. The number of rotatable bonds is 4. The molecule has 110 valence electrons. The first-order chi connectivity index (χ1) is 10.1. The van der Waals surface area contributed by atoms with Gasteiger partial charge in [-0.05, 0) is 47.0 Å². The number of nitrogens with one attached hydrogen (secondary N) is 1. The number of halogens is 1. The highest BCUT2D eigenvalue weighted by molar-refractivity contribution is 9.10. The number of carbonyl (C=O) groups is 1. The number of benzene rings is 1. The molecule has 0 spiro atoms. The van der Waals surface area contributed by atoms with Crippen LogP contribution in [0.25, 0.3) is 0 Å². The van der Waals surface area contributed by atoms with E-state index < -0.39 is 0 Å². The molecule has 1 aromatic heterocycles. The number of nitrogen functional groups attached to an aromatic ring is 1. The lowest BCUT2D eigenvalue weighted by atomic mass is 10.3. The molecule has 1 aliphatic carbocycles. The lowest BCUT2D eigenvalue weighted by Crippen LogP contribution is -2.16. The molecule has 3 rings (SSSR count). The van der Waals surface area contributed by atoms with Gasteiger partial charge in [-0.2, -0.15) is 0 Å². The topological polar surface area (TPSA) is 69.3 Å². The Morgan fingerprint density at radius 3 is 2.86 bits per heavy atom. The van der Waals surface area contributed by atoms with Crippen molar-refractivity contribution in [3.63, 3.8) is 0 Å². The van der Waals surface area contributed by atoms with Crippen LogP contribution in [0.1, 0.15) is 29.4 Å². The lowest BCUT2D eigenvalue weighted by molar-refractivity contribution is 0.101. The van der Waals surface area contributed by atoms with E-state index >= 15 is 0 Å². The van der Waals surface area contributed by atoms with Crippen molar-refractivity contribution >= 4 is 33.2 Å². The van der Waals surface area contributed by atoms with Crippen molar-refractivity contribution in [2.75, 3.05) is 18.2 Å². The molecule has 5 nitrogen and oxygen atoms in total. The van der Waals surface area contributed by atoms with E-state index in [9.17, 15) is 4.79 Å². The highest BCUT2D eigenvalue weighted by Gasteiger charge is 2.27. The number of nitrogens with two attached hydrogens (primary N) is 1. The van der Waals surface area contributed by atoms with E-state index in [1.807, 2.05) is 22.9 Å². The van der Waals surface area contributed by atoms with E-state index in [-0.39, 0.29) is 5.91 Å². The molecule has 3 N–H and O–H groups in total. The minimum Gasteiger partial charge on any atom is -0.495 e. The third kappa shape index (κ3) is 2.90. The molecule has 1 fully saturated rings. The summed E-state index contributed by atoms with van der Waals surface area (Å²) in [5.74, 6) is 0.507. The first-order valence-electron chi connectivity index (χ1n) is 6.70. The Hall–Kier alpha value is -1.95. The molecule has 0 saturated heterocycles. The van der Waals surface area contributed by atoms with Gasteiger partial charge in [-0.15, -0.1) is 0 Å². The molecule has 1 heterocycles. The molecule has 2 aromatic rings. The predicted molar refractivity (Wildman–Crippen MR) is 85.8 cm³/mol. The van der Waals surface area contributed by atoms with Crippen molar-refractivity contribution in [1.29, 1.82) is 0 Å². The summed E-state index contributed by atoms with van der Waals surface area (Å²) in [4.78, 5) is 12.4. The van der Waals surface area contributed by atoms with Gasteiger partial charge in [0.15, 0.2) is 0 Å². The Bertz CT molecular complexity index is 692. The van der Waals surface area contributed by atoms with E-state index in [2.05, 4.69) is 21.2 Å². The molecule has 21 heavy (non-hydrogen) atoms. The smallest absolute Gasteiger partial charge is 0.272 e. The monoisotopic (exact) mass is 349 g/mol. The number of nitrogens with zero attached hydrogens (tertiary/aromatic N) is 1. The summed E-state index contributed by atoms with van der Waals surface area (Å²) in [6, 6.07) is 7.54. The average molecular weight is 350 g/mol. The Balaban J connectivity index is 1.83. The lowest BCUT2D eigenvalue weighted by Gasteiger charge is -2.10. The van der Waals surface area contributed by atoms with Gasteiger partial charge in [-0.25, -0.2) is 0 Å². The molecule has 0 radical (unpaired) electrons. The second-order valence-electron chi connectivity index (χ2n) is 5.10. The van der Waals surface area contributed by atoms with Crippen LogP contribution in [0.4, 0.5) is 11.4 Å². The van der Waals surface area contributed by atoms with Crippen LogP contribution < -0.4 is 15.8 Å². The minimum absolute atomic E-state index is 0.164. The second kappa shape index (κ2) is 5.44. The maximum Gasteiger partial charge on any atom is 0.272 e. The SMILES string of the molecule is COc1cc(NC(=O)c2cc(N)cn2C2CC2)ccc1Br. The fraction of sp³-hybridized carbons (Fsp3) is 0.267. The normalized spacial score (nSPS) is 14.0.